The summed E-state index contributed by atoms with van der Waals surface area (Å²) in [5.74, 6) is 6.28. The first kappa shape index (κ1) is 17.8. The van der Waals surface area contributed by atoms with Gasteiger partial charge in [0.05, 0.1) is 0 Å². The molecule has 2 heteroatoms. The first-order valence-corrected chi connectivity index (χ1v) is 7.88. The van der Waals surface area contributed by atoms with Crippen molar-refractivity contribution in [2.24, 2.45) is 5.41 Å². The van der Waals surface area contributed by atoms with Crippen LogP contribution in [-0.4, -0.2) is 25.0 Å². The van der Waals surface area contributed by atoms with Crippen LogP contribution in [0.3, 0.4) is 0 Å². The van der Waals surface area contributed by atoms with E-state index in [1.165, 1.54) is 5.56 Å². The average Bonchev–Trinajstić information content (AvgIpc) is 2.37. The second-order valence-corrected chi connectivity index (χ2v) is 7.06. The zero-order valence-corrected chi connectivity index (χ0v) is 15.0. The molecule has 0 unspecified atom stereocenters. The van der Waals surface area contributed by atoms with Crippen LogP contribution >= 0.6 is 15.9 Å². The van der Waals surface area contributed by atoms with Crippen LogP contribution in [0.25, 0.3) is 5.57 Å². The summed E-state index contributed by atoms with van der Waals surface area (Å²) in [5.41, 5.74) is 2.34. The van der Waals surface area contributed by atoms with Gasteiger partial charge in [-0.25, -0.2) is 0 Å². The standard InChI is InChI=1S/C19H24BrN/c1-16(17-11-7-8-12-18(17)20)15-21(5)14-10-6-9-13-19(2,3)4/h6-8,10-12H,1,14-15H2,2-5H3. The molecule has 0 radical (unpaired) electrons. The number of halogens is 1. The van der Waals surface area contributed by atoms with E-state index < -0.39 is 0 Å². The predicted octanol–water partition coefficient (Wildman–Crippen LogP) is 5.00. The van der Waals surface area contributed by atoms with Gasteiger partial charge in [0.1, 0.15) is 0 Å². The summed E-state index contributed by atoms with van der Waals surface area (Å²) >= 11 is 3.57. The van der Waals surface area contributed by atoms with Gasteiger partial charge < -0.3 is 0 Å². The van der Waals surface area contributed by atoms with Crippen LogP contribution in [0.2, 0.25) is 0 Å². The molecule has 0 fully saturated rings. The molecule has 0 spiro atoms. The van der Waals surface area contributed by atoms with Crippen LogP contribution in [0.15, 0.2) is 47.5 Å². The van der Waals surface area contributed by atoms with E-state index in [2.05, 4.69) is 79.2 Å². The van der Waals surface area contributed by atoms with E-state index in [4.69, 9.17) is 0 Å². The predicted molar refractivity (Wildman–Crippen MR) is 97.0 cm³/mol. The summed E-state index contributed by atoms with van der Waals surface area (Å²) in [7, 11) is 2.09. The van der Waals surface area contributed by atoms with Crippen molar-refractivity contribution in [3.63, 3.8) is 0 Å². The van der Waals surface area contributed by atoms with Crippen molar-refractivity contribution in [2.45, 2.75) is 20.8 Å². The third kappa shape index (κ3) is 7.32. The minimum atomic E-state index is 0.0596. The van der Waals surface area contributed by atoms with Crippen molar-refractivity contribution in [1.29, 1.82) is 0 Å². The van der Waals surface area contributed by atoms with Gasteiger partial charge in [-0.3, -0.25) is 4.90 Å². The molecule has 0 saturated heterocycles. The molecule has 1 aromatic rings. The van der Waals surface area contributed by atoms with Crippen LogP contribution in [0, 0.1) is 17.3 Å². The van der Waals surface area contributed by atoms with Crippen molar-refractivity contribution < 1.29 is 0 Å². The summed E-state index contributed by atoms with van der Waals surface area (Å²) in [6, 6.07) is 8.18. The highest BCUT2D eigenvalue weighted by molar-refractivity contribution is 9.10. The van der Waals surface area contributed by atoms with Gasteiger partial charge in [0.25, 0.3) is 0 Å². The number of hydrogen-bond donors (Lipinski definition) is 0. The topological polar surface area (TPSA) is 3.24 Å². The molecule has 0 aliphatic rings. The Morgan fingerprint density at radius 2 is 2.00 bits per heavy atom. The molecule has 0 bridgehead atoms. The highest BCUT2D eigenvalue weighted by atomic mass is 79.9. The maximum atomic E-state index is 4.18. The van der Waals surface area contributed by atoms with Crippen LogP contribution in [-0.2, 0) is 0 Å². The summed E-state index contributed by atoms with van der Waals surface area (Å²) in [6.07, 6.45) is 4.02. The molecule has 0 amide bonds. The number of hydrogen-bond acceptors (Lipinski definition) is 1. The fourth-order valence-electron chi connectivity index (χ4n) is 1.77. The Hall–Kier alpha value is -1.30. The minimum Gasteiger partial charge on any atom is -0.298 e. The van der Waals surface area contributed by atoms with E-state index in [1.54, 1.807) is 0 Å². The van der Waals surface area contributed by atoms with Crippen molar-refractivity contribution in [2.75, 3.05) is 20.1 Å². The normalized spacial score (nSPS) is 11.5. The van der Waals surface area contributed by atoms with E-state index in [9.17, 15) is 0 Å². The van der Waals surface area contributed by atoms with Crippen molar-refractivity contribution in [3.8, 4) is 11.8 Å². The van der Waals surface area contributed by atoms with Gasteiger partial charge in [0.2, 0.25) is 0 Å². The summed E-state index contributed by atoms with van der Waals surface area (Å²) in [6.45, 7) is 12.2. The van der Waals surface area contributed by atoms with Crippen molar-refractivity contribution >= 4 is 21.5 Å². The maximum absolute atomic E-state index is 4.18. The van der Waals surface area contributed by atoms with E-state index in [1.807, 2.05) is 24.3 Å². The largest absolute Gasteiger partial charge is 0.298 e. The molecule has 1 nitrogen and oxygen atoms in total. The molecule has 0 aliphatic heterocycles. The summed E-state index contributed by atoms with van der Waals surface area (Å²) < 4.78 is 1.09. The molecule has 1 rings (SSSR count). The zero-order valence-electron chi connectivity index (χ0n) is 13.4. The Morgan fingerprint density at radius 3 is 2.62 bits per heavy atom. The highest BCUT2D eigenvalue weighted by Gasteiger charge is 2.05. The smallest absolute Gasteiger partial charge is 0.0250 e. The molecule has 0 saturated carbocycles. The first-order chi connectivity index (χ1) is 9.79. The minimum absolute atomic E-state index is 0.0596. The molecule has 112 valence electrons. The van der Waals surface area contributed by atoms with Crippen molar-refractivity contribution in [1.82, 2.24) is 4.90 Å². The van der Waals surface area contributed by atoms with Gasteiger partial charge >= 0.3 is 0 Å². The number of nitrogens with zero attached hydrogens (tertiary/aromatic N) is 1. The molecule has 1 aromatic carbocycles. The lowest BCUT2D eigenvalue weighted by Gasteiger charge is -2.17. The molecule has 0 heterocycles. The Balaban J connectivity index is 2.49. The van der Waals surface area contributed by atoms with Gasteiger partial charge in [0, 0.05) is 23.0 Å². The summed E-state index contributed by atoms with van der Waals surface area (Å²) in [4.78, 5) is 2.22. The van der Waals surface area contributed by atoms with Crippen LogP contribution in [0.5, 0.6) is 0 Å². The molecular formula is C19H24BrN. The molecule has 0 N–H and O–H groups in total. The Bertz CT molecular complexity index is 567. The average molecular weight is 346 g/mol. The quantitative estimate of drug-likeness (QED) is 0.678. The molecule has 0 aliphatic carbocycles. The van der Waals surface area contributed by atoms with Crippen LogP contribution in [0.4, 0.5) is 0 Å². The van der Waals surface area contributed by atoms with E-state index in [0.717, 1.165) is 23.1 Å². The second kappa shape index (κ2) is 8.22. The lowest BCUT2D eigenvalue weighted by atomic mass is 9.98. The fraction of sp³-hybridized carbons (Fsp3) is 0.368. The maximum Gasteiger partial charge on any atom is 0.0250 e. The zero-order chi connectivity index (χ0) is 15.9. The fourth-order valence-corrected chi connectivity index (χ4v) is 2.34. The third-order valence-electron chi connectivity index (χ3n) is 2.78. The number of benzene rings is 1. The van der Waals surface area contributed by atoms with Crippen LogP contribution < -0.4 is 0 Å². The van der Waals surface area contributed by atoms with Gasteiger partial charge in [-0.05, 0) is 51.1 Å². The van der Waals surface area contributed by atoms with Gasteiger partial charge in [-0.2, -0.15) is 0 Å². The molecule has 0 atom stereocenters. The second-order valence-electron chi connectivity index (χ2n) is 6.20. The lowest BCUT2D eigenvalue weighted by molar-refractivity contribution is 0.419. The highest BCUT2D eigenvalue weighted by Crippen LogP contribution is 2.23. The SMILES string of the molecule is C=C(CN(C)CC=CC#CC(C)(C)C)c1ccccc1Br. The number of allylic oxidation sites excluding steroid dienone is 1. The van der Waals surface area contributed by atoms with E-state index in [-0.39, 0.29) is 5.41 Å². The van der Waals surface area contributed by atoms with Gasteiger partial charge in [-0.1, -0.05) is 58.6 Å². The van der Waals surface area contributed by atoms with E-state index in [0.29, 0.717) is 0 Å². The molecular weight excluding hydrogens is 322 g/mol. The summed E-state index contributed by atoms with van der Waals surface area (Å²) in [5, 5.41) is 0. The van der Waals surface area contributed by atoms with Gasteiger partial charge in [0.15, 0.2) is 0 Å². The first-order valence-electron chi connectivity index (χ1n) is 7.08. The Kier molecular flexibility index (Phi) is 6.95. The number of rotatable bonds is 5. The van der Waals surface area contributed by atoms with Crippen molar-refractivity contribution in [3.05, 3.63) is 53.0 Å². The Labute approximate surface area is 137 Å². The van der Waals surface area contributed by atoms with Gasteiger partial charge in [-0.15, -0.1) is 0 Å². The molecule has 21 heavy (non-hydrogen) atoms. The lowest BCUT2D eigenvalue weighted by Crippen LogP contribution is -2.20. The van der Waals surface area contributed by atoms with E-state index >= 15 is 0 Å². The van der Waals surface area contributed by atoms with Crippen LogP contribution in [0.1, 0.15) is 26.3 Å². The monoisotopic (exact) mass is 345 g/mol. The number of likely N-dealkylation sites (N-methyl/N-ethyl adjacent to an activating group) is 1. The Morgan fingerprint density at radius 1 is 1.33 bits per heavy atom. The third-order valence-corrected chi connectivity index (χ3v) is 3.47. The molecule has 0 aromatic heterocycles.